The van der Waals surface area contributed by atoms with Crippen molar-refractivity contribution in [3.63, 3.8) is 0 Å². The second-order valence-corrected chi connectivity index (χ2v) is 11.7. The van der Waals surface area contributed by atoms with Crippen LogP contribution in [0.3, 0.4) is 0 Å². The first-order valence-corrected chi connectivity index (χ1v) is 15.9. The van der Waals surface area contributed by atoms with E-state index in [1.807, 2.05) is 12.1 Å². The molecule has 2 nitrogen and oxygen atoms in total. The van der Waals surface area contributed by atoms with Crippen LogP contribution in [0, 0.1) is 5.92 Å². The SMILES string of the molecule is C1=CC(Cc2ccc(N(c3ccccc3)c3ccc(C4=C/Cc5ccccc5OC/C=C\4)cc3)cc2)CC=C1c1ccccc1. The van der Waals surface area contributed by atoms with E-state index in [0.717, 1.165) is 42.1 Å². The lowest BCUT2D eigenvalue weighted by atomic mass is 9.89. The van der Waals surface area contributed by atoms with Crippen LogP contribution in [0.2, 0.25) is 0 Å². The third-order valence-electron chi connectivity index (χ3n) is 8.61. The highest BCUT2D eigenvalue weighted by Gasteiger charge is 2.15. The van der Waals surface area contributed by atoms with E-state index < -0.39 is 0 Å². The van der Waals surface area contributed by atoms with Gasteiger partial charge in [0, 0.05) is 17.1 Å². The summed E-state index contributed by atoms with van der Waals surface area (Å²) < 4.78 is 5.98. The predicted octanol–water partition coefficient (Wildman–Crippen LogP) is 10.9. The van der Waals surface area contributed by atoms with Gasteiger partial charge >= 0.3 is 0 Å². The highest BCUT2D eigenvalue weighted by Crippen LogP contribution is 2.36. The summed E-state index contributed by atoms with van der Waals surface area (Å²) in [6, 6.07) is 47.6. The van der Waals surface area contributed by atoms with Gasteiger partial charge in [0.15, 0.2) is 0 Å². The van der Waals surface area contributed by atoms with Crippen LogP contribution in [0.5, 0.6) is 5.75 Å². The zero-order chi connectivity index (χ0) is 30.3. The number of allylic oxidation sites excluding steroid dienone is 7. The van der Waals surface area contributed by atoms with Crippen molar-refractivity contribution in [2.75, 3.05) is 11.5 Å². The summed E-state index contributed by atoms with van der Waals surface area (Å²) >= 11 is 0. The summed E-state index contributed by atoms with van der Waals surface area (Å²) in [5, 5.41) is 0. The molecular formula is C43H37NO. The van der Waals surface area contributed by atoms with Crippen LogP contribution in [0.4, 0.5) is 17.1 Å². The number of nitrogens with zero attached hydrogens (tertiary/aromatic N) is 1. The van der Waals surface area contributed by atoms with Crippen LogP contribution in [-0.4, -0.2) is 6.61 Å². The molecule has 1 aliphatic heterocycles. The molecule has 0 N–H and O–H groups in total. The third-order valence-corrected chi connectivity index (χ3v) is 8.61. The zero-order valence-electron chi connectivity index (χ0n) is 25.4. The van der Waals surface area contributed by atoms with E-state index in [0.29, 0.717) is 12.5 Å². The molecule has 45 heavy (non-hydrogen) atoms. The molecule has 1 unspecified atom stereocenters. The van der Waals surface area contributed by atoms with E-state index in [9.17, 15) is 0 Å². The van der Waals surface area contributed by atoms with Crippen molar-refractivity contribution in [3.8, 4) is 5.75 Å². The molecule has 1 aliphatic carbocycles. The Kier molecular flexibility index (Phi) is 8.55. The fourth-order valence-electron chi connectivity index (χ4n) is 6.20. The van der Waals surface area contributed by atoms with Gasteiger partial charge in [-0.2, -0.15) is 0 Å². The topological polar surface area (TPSA) is 12.5 Å². The first-order chi connectivity index (χ1) is 22.3. The van der Waals surface area contributed by atoms with Crippen molar-refractivity contribution in [3.05, 3.63) is 192 Å². The summed E-state index contributed by atoms with van der Waals surface area (Å²) in [6.45, 7) is 0.562. The van der Waals surface area contributed by atoms with Crippen molar-refractivity contribution in [2.45, 2.75) is 19.3 Å². The molecule has 2 aliphatic rings. The number of ether oxygens (including phenoxy) is 1. The van der Waals surface area contributed by atoms with Crippen LogP contribution in [-0.2, 0) is 12.8 Å². The van der Waals surface area contributed by atoms with Gasteiger partial charge in [-0.15, -0.1) is 0 Å². The molecule has 0 bridgehead atoms. The summed E-state index contributed by atoms with van der Waals surface area (Å²) in [7, 11) is 0. The highest BCUT2D eigenvalue weighted by molar-refractivity contribution is 5.80. The Bertz CT molecular complexity index is 1850. The lowest BCUT2D eigenvalue weighted by molar-refractivity contribution is 0.360. The normalized spacial score (nSPS) is 17.7. The van der Waals surface area contributed by atoms with E-state index in [1.54, 1.807) is 0 Å². The molecule has 0 radical (unpaired) electrons. The van der Waals surface area contributed by atoms with Gasteiger partial charge in [-0.1, -0.05) is 121 Å². The molecule has 7 rings (SSSR count). The number of benzene rings is 5. The van der Waals surface area contributed by atoms with Crippen LogP contribution in [0.1, 0.15) is 28.7 Å². The fraction of sp³-hybridized carbons (Fsp3) is 0.116. The highest BCUT2D eigenvalue weighted by atomic mass is 16.5. The Morgan fingerprint density at radius 3 is 1.93 bits per heavy atom. The number of para-hydroxylation sites is 2. The molecule has 0 amide bonds. The molecule has 0 aromatic heterocycles. The molecule has 5 aromatic rings. The first-order valence-electron chi connectivity index (χ1n) is 15.9. The average Bonchev–Trinajstić information content (AvgIpc) is 3.21. The minimum absolute atomic E-state index is 0.516. The number of fused-ring (bicyclic) bond motifs is 1. The van der Waals surface area contributed by atoms with Crippen LogP contribution in [0.25, 0.3) is 11.1 Å². The van der Waals surface area contributed by atoms with Gasteiger partial charge in [0.25, 0.3) is 0 Å². The van der Waals surface area contributed by atoms with Gasteiger partial charge in [0.1, 0.15) is 12.4 Å². The molecular weight excluding hydrogens is 546 g/mol. The maximum atomic E-state index is 5.98. The van der Waals surface area contributed by atoms with E-state index >= 15 is 0 Å². The molecule has 0 saturated heterocycles. The summed E-state index contributed by atoms with van der Waals surface area (Å²) in [4.78, 5) is 2.33. The molecule has 1 heterocycles. The summed E-state index contributed by atoms with van der Waals surface area (Å²) in [6.07, 6.45) is 16.6. The molecule has 2 heteroatoms. The van der Waals surface area contributed by atoms with E-state index in [-0.39, 0.29) is 0 Å². The number of hydrogen-bond donors (Lipinski definition) is 0. The largest absolute Gasteiger partial charge is 0.489 e. The molecule has 1 atom stereocenters. The van der Waals surface area contributed by atoms with Gasteiger partial charge in [-0.05, 0) is 107 Å². The maximum Gasteiger partial charge on any atom is 0.123 e. The van der Waals surface area contributed by atoms with Crippen molar-refractivity contribution in [1.29, 1.82) is 0 Å². The standard InChI is InChI=1S/C43H37NO/c1-3-10-35(11-4-1)37-21-17-33(18-22-37)32-34-19-27-41(28-20-34)44(40-14-5-2-6-15-40)42-29-25-38(26-30-42)36-13-9-31-45-43-16-8-7-12-39(43)24-23-36/h1-17,19-23,25-30,33H,18,24,31-32H2/b13-9-,36-23+. The summed E-state index contributed by atoms with van der Waals surface area (Å²) in [5.74, 6) is 1.48. The molecule has 5 aromatic carbocycles. The van der Waals surface area contributed by atoms with Crippen molar-refractivity contribution >= 4 is 28.2 Å². The first kappa shape index (κ1) is 28.4. The van der Waals surface area contributed by atoms with Crippen LogP contribution < -0.4 is 9.64 Å². The Hall–Kier alpha value is -5.34. The van der Waals surface area contributed by atoms with Crippen LogP contribution >= 0.6 is 0 Å². The molecule has 0 fully saturated rings. The maximum absolute atomic E-state index is 5.98. The van der Waals surface area contributed by atoms with E-state index in [1.165, 1.54) is 33.4 Å². The Balaban J connectivity index is 1.09. The summed E-state index contributed by atoms with van der Waals surface area (Å²) in [5.41, 5.74) is 11.0. The van der Waals surface area contributed by atoms with Crippen molar-refractivity contribution < 1.29 is 4.74 Å². The van der Waals surface area contributed by atoms with Gasteiger partial charge in [0.2, 0.25) is 0 Å². The quantitative estimate of drug-likeness (QED) is 0.189. The fourth-order valence-corrected chi connectivity index (χ4v) is 6.20. The smallest absolute Gasteiger partial charge is 0.123 e. The second-order valence-electron chi connectivity index (χ2n) is 11.7. The van der Waals surface area contributed by atoms with Gasteiger partial charge in [-0.25, -0.2) is 0 Å². The van der Waals surface area contributed by atoms with E-state index in [2.05, 4.69) is 163 Å². The lowest BCUT2D eigenvalue weighted by Gasteiger charge is -2.26. The monoisotopic (exact) mass is 583 g/mol. The minimum atomic E-state index is 0.516. The second kappa shape index (κ2) is 13.5. The third kappa shape index (κ3) is 6.76. The number of hydrogen-bond acceptors (Lipinski definition) is 2. The predicted molar refractivity (Wildman–Crippen MR) is 189 cm³/mol. The molecule has 0 spiro atoms. The molecule has 0 saturated carbocycles. The van der Waals surface area contributed by atoms with Crippen molar-refractivity contribution in [2.24, 2.45) is 5.92 Å². The average molecular weight is 584 g/mol. The van der Waals surface area contributed by atoms with E-state index in [4.69, 9.17) is 4.74 Å². The number of rotatable bonds is 7. The lowest BCUT2D eigenvalue weighted by Crippen LogP contribution is -2.10. The Morgan fingerprint density at radius 1 is 0.578 bits per heavy atom. The molecule has 220 valence electrons. The minimum Gasteiger partial charge on any atom is -0.489 e. The van der Waals surface area contributed by atoms with Gasteiger partial charge in [0.05, 0.1) is 0 Å². The van der Waals surface area contributed by atoms with Crippen LogP contribution in [0.15, 0.2) is 170 Å². The van der Waals surface area contributed by atoms with Crippen molar-refractivity contribution in [1.82, 2.24) is 0 Å². The zero-order valence-corrected chi connectivity index (χ0v) is 25.4. The van der Waals surface area contributed by atoms with Gasteiger partial charge < -0.3 is 9.64 Å². The number of anilines is 3. The Labute approximate surface area is 267 Å². The van der Waals surface area contributed by atoms with Gasteiger partial charge in [-0.3, -0.25) is 0 Å². The Morgan fingerprint density at radius 2 is 1.20 bits per heavy atom.